The Morgan fingerprint density at radius 3 is 2.44 bits per heavy atom. The summed E-state index contributed by atoms with van der Waals surface area (Å²) in [5, 5.41) is 9.92. The number of aryl methyl sites for hydroxylation is 1. The summed E-state index contributed by atoms with van der Waals surface area (Å²) in [6.45, 7) is 1.80. The molecule has 0 unspecified atom stereocenters. The van der Waals surface area contributed by atoms with E-state index in [-0.39, 0.29) is 41.4 Å². The summed E-state index contributed by atoms with van der Waals surface area (Å²) < 4.78 is 36.4. The number of carbonyl (C=O) groups is 1. The number of hydrogen-bond donors (Lipinski definition) is 2. The molecule has 43 heavy (non-hydrogen) atoms. The Bertz CT molecular complexity index is 1940. The summed E-state index contributed by atoms with van der Waals surface area (Å²) >= 11 is 0. The Kier molecular flexibility index (Phi) is 8.23. The highest BCUT2D eigenvalue weighted by molar-refractivity contribution is 6.03. The molecule has 0 radical (unpaired) electrons. The largest absolute Gasteiger partial charge is 0.452 e. The maximum absolute atomic E-state index is 15.2. The van der Waals surface area contributed by atoms with Crippen molar-refractivity contribution in [1.29, 1.82) is 5.41 Å². The van der Waals surface area contributed by atoms with Crippen LogP contribution in [0.4, 0.5) is 14.5 Å². The predicted molar refractivity (Wildman–Crippen MR) is 154 cm³/mol. The highest BCUT2D eigenvalue weighted by atomic mass is 19.1. The normalized spacial score (nSPS) is 10.8. The first-order valence-electron chi connectivity index (χ1n) is 13.0. The number of ether oxygens (including phenoxy) is 1. The molecular weight excluding hydrogens is 560 g/mol. The molecule has 0 saturated carbocycles. The molecule has 5 aromatic rings. The number of nitrogens with one attached hydrogen (secondary N) is 2. The van der Waals surface area contributed by atoms with Crippen molar-refractivity contribution in [1.82, 2.24) is 24.1 Å². The lowest BCUT2D eigenvalue weighted by Gasteiger charge is -2.14. The summed E-state index contributed by atoms with van der Waals surface area (Å²) in [4.78, 5) is 51.8. The van der Waals surface area contributed by atoms with Crippen molar-refractivity contribution in [2.45, 2.75) is 19.9 Å². The van der Waals surface area contributed by atoms with Gasteiger partial charge in [-0.05, 0) is 55.5 Å². The van der Waals surface area contributed by atoms with Crippen molar-refractivity contribution < 1.29 is 18.3 Å². The number of pyridine rings is 1. The van der Waals surface area contributed by atoms with Crippen LogP contribution in [0.5, 0.6) is 11.5 Å². The molecule has 11 nitrogen and oxygen atoms in total. The minimum absolute atomic E-state index is 0.0149. The van der Waals surface area contributed by atoms with Crippen LogP contribution in [-0.4, -0.2) is 36.2 Å². The average molecular weight is 584 g/mol. The standard InChI is InChI=1S/C30H23F2N7O4/c1-2-38-17-22(29(41)39(30(38)42)21-7-4-19(31)5-8-21)28(40)37-20-6-9-25(23(32)15-20)43-26-14-18(16-36-24(26)10-11-33)27-34-12-3-13-35-27/h3-9,11-17,33H,2,10H2,1H3,(H,37,40). The molecule has 2 N–H and O–H groups in total. The molecular formula is C30H23F2N7O4. The van der Waals surface area contributed by atoms with Gasteiger partial charge in [0.1, 0.15) is 17.1 Å². The van der Waals surface area contributed by atoms with Crippen molar-refractivity contribution in [3.63, 3.8) is 0 Å². The molecule has 3 heterocycles. The topological polar surface area (TPSA) is 145 Å². The van der Waals surface area contributed by atoms with Gasteiger partial charge in [0.2, 0.25) is 0 Å². The second kappa shape index (κ2) is 12.3. The molecule has 0 aliphatic carbocycles. The maximum atomic E-state index is 15.2. The zero-order valence-corrected chi connectivity index (χ0v) is 22.6. The van der Waals surface area contributed by atoms with Crippen LogP contribution in [0.15, 0.2) is 89.0 Å². The zero-order valence-electron chi connectivity index (χ0n) is 22.6. The third-order valence-corrected chi connectivity index (χ3v) is 6.29. The molecule has 5 rings (SSSR count). The monoisotopic (exact) mass is 583 g/mol. The summed E-state index contributed by atoms with van der Waals surface area (Å²) in [6, 6.07) is 11.6. The quantitative estimate of drug-likeness (QED) is 0.245. The molecule has 1 amide bonds. The van der Waals surface area contributed by atoms with Gasteiger partial charge < -0.3 is 15.5 Å². The van der Waals surface area contributed by atoms with Crippen LogP contribution >= 0.6 is 0 Å². The van der Waals surface area contributed by atoms with Crippen LogP contribution in [0.25, 0.3) is 17.1 Å². The van der Waals surface area contributed by atoms with Crippen LogP contribution in [0, 0.1) is 17.0 Å². The third kappa shape index (κ3) is 6.10. The molecule has 0 aliphatic rings. The fourth-order valence-electron chi connectivity index (χ4n) is 4.16. The Hall–Kier alpha value is -5.85. The Labute approximate surface area is 242 Å². The van der Waals surface area contributed by atoms with Gasteiger partial charge in [0.15, 0.2) is 17.4 Å². The van der Waals surface area contributed by atoms with E-state index >= 15 is 4.39 Å². The number of amides is 1. The second-order valence-corrected chi connectivity index (χ2v) is 9.08. The number of aromatic nitrogens is 5. The Balaban J connectivity index is 1.43. The minimum atomic E-state index is -0.923. The minimum Gasteiger partial charge on any atom is -0.452 e. The van der Waals surface area contributed by atoms with E-state index in [1.54, 1.807) is 31.5 Å². The van der Waals surface area contributed by atoms with Gasteiger partial charge in [-0.3, -0.25) is 19.1 Å². The maximum Gasteiger partial charge on any atom is 0.335 e. The first-order valence-corrected chi connectivity index (χ1v) is 13.0. The van der Waals surface area contributed by atoms with Gasteiger partial charge >= 0.3 is 5.69 Å². The van der Waals surface area contributed by atoms with Gasteiger partial charge in [0.25, 0.3) is 11.5 Å². The first-order chi connectivity index (χ1) is 20.8. The molecule has 3 aromatic heterocycles. The first kappa shape index (κ1) is 28.7. The van der Waals surface area contributed by atoms with E-state index in [9.17, 15) is 18.8 Å². The van der Waals surface area contributed by atoms with E-state index in [1.165, 1.54) is 30.5 Å². The van der Waals surface area contributed by atoms with E-state index in [0.717, 1.165) is 39.7 Å². The summed E-state index contributed by atoms with van der Waals surface area (Å²) in [5.74, 6) is -1.89. The van der Waals surface area contributed by atoms with Gasteiger partial charge in [0, 0.05) is 61.3 Å². The number of hydrogen-bond acceptors (Lipinski definition) is 8. The second-order valence-electron chi connectivity index (χ2n) is 9.08. The molecule has 216 valence electrons. The lowest BCUT2D eigenvalue weighted by Crippen LogP contribution is -2.42. The summed E-state index contributed by atoms with van der Waals surface area (Å²) in [5.41, 5.74) is -1.01. The van der Waals surface area contributed by atoms with E-state index < -0.39 is 28.8 Å². The Morgan fingerprint density at radius 1 is 1.02 bits per heavy atom. The highest BCUT2D eigenvalue weighted by Gasteiger charge is 2.20. The average Bonchev–Trinajstić information content (AvgIpc) is 3.01. The third-order valence-electron chi connectivity index (χ3n) is 6.29. The fourth-order valence-corrected chi connectivity index (χ4v) is 4.16. The number of carbonyl (C=O) groups excluding carboxylic acids is 1. The van der Waals surface area contributed by atoms with Crippen LogP contribution in [0.3, 0.4) is 0 Å². The molecule has 0 aliphatic heterocycles. The lowest BCUT2D eigenvalue weighted by molar-refractivity contribution is 0.102. The van der Waals surface area contributed by atoms with Crippen molar-refractivity contribution in [3.05, 3.63) is 123 Å². The number of benzene rings is 2. The molecule has 0 spiro atoms. The summed E-state index contributed by atoms with van der Waals surface area (Å²) in [7, 11) is 0. The zero-order chi connectivity index (χ0) is 30.5. The van der Waals surface area contributed by atoms with Gasteiger partial charge in [-0.15, -0.1) is 0 Å². The molecule has 0 bridgehead atoms. The van der Waals surface area contributed by atoms with Gasteiger partial charge in [-0.1, -0.05) is 0 Å². The molecule has 0 saturated heterocycles. The SMILES string of the molecule is CCn1cc(C(=O)Nc2ccc(Oc3cc(-c4ncccn4)cnc3CC=N)c(F)c2)c(=O)n(-c2ccc(F)cc2)c1=O. The number of rotatable bonds is 9. The molecule has 0 fully saturated rings. The molecule has 0 atom stereocenters. The van der Waals surface area contributed by atoms with E-state index in [4.69, 9.17) is 10.1 Å². The van der Waals surface area contributed by atoms with Crippen LogP contribution in [0.2, 0.25) is 0 Å². The van der Waals surface area contributed by atoms with Crippen molar-refractivity contribution in [2.24, 2.45) is 0 Å². The number of nitrogens with zero attached hydrogens (tertiary/aromatic N) is 5. The van der Waals surface area contributed by atoms with Crippen molar-refractivity contribution >= 4 is 17.8 Å². The fraction of sp³-hybridized carbons (Fsp3) is 0.100. The van der Waals surface area contributed by atoms with Gasteiger partial charge in [-0.25, -0.2) is 28.1 Å². The molecule has 13 heteroatoms. The van der Waals surface area contributed by atoms with Gasteiger partial charge in [-0.2, -0.15) is 0 Å². The molecule has 2 aromatic carbocycles. The van der Waals surface area contributed by atoms with Gasteiger partial charge in [0.05, 0.1) is 11.4 Å². The number of halogens is 2. The van der Waals surface area contributed by atoms with E-state index in [0.29, 0.717) is 17.1 Å². The van der Waals surface area contributed by atoms with E-state index in [1.807, 2.05) is 0 Å². The van der Waals surface area contributed by atoms with Crippen LogP contribution in [-0.2, 0) is 13.0 Å². The van der Waals surface area contributed by atoms with Crippen molar-refractivity contribution in [3.8, 4) is 28.6 Å². The van der Waals surface area contributed by atoms with Crippen molar-refractivity contribution in [2.75, 3.05) is 5.32 Å². The Morgan fingerprint density at radius 2 is 1.77 bits per heavy atom. The smallest absolute Gasteiger partial charge is 0.335 e. The number of anilines is 1. The predicted octanol–water partition coefficient (Wildman–Crippen LogP) is 4.39. The summed E-state index contributed by atoms with van der Waals surface area (Å²) in [6.07, 6.45) is 7.05. The van der Waals surface area contributed by atoms with Crippen LogP contribution < -0.4 is 21.3 Å². The highest BCUT2D eigenvalue weighted by Crippen LogP contribution is 2.31. The van der Waals surface area contributed by atoms with Crippen LogP contribution in [0.1, 0.15) is 23.0 Å². The lowest BCUT2D eigenvalue weighted by atomic mass is 10.2. The van der Waals surface area contributed by atoms with E-state index in [2.05, 4.69) is 20.3 Å².